The summed E-state index contributed by atoms with van der Waals surface area (Å²) < 4.78 is 5.22. The van der Waals surface area contributed by atoms with Gasteiger partial charge in [0.15, 0.2) is 0 Å². The number of benzene rings is 1. The molecule has 0 spiro atoms. The van der Waals surface area contributed by atoms with Gasteiger partial charge in [-0.2, -0.15) is 0 Å². The summed E-state index contributed by atoms with van der Waals surface area (Å²) in [5.41, 5.74) is 1.45. The van der Waals surface area contributed by atoms with Crippen LogP contribution in [0.25, 0.3) is 6.08 Å². The third-order valence-electron chi connectivity index (χ3n) is 4.12. The molecule has 2 heterocycles. The van der Waals surface area contributed by atoms with Gasteiger partial charge in [0.2, 0.25) is 0 Å². The van der Waals surface area contributed by atoms with E-state index in [4.69, 9.17) is 16.3 Å². The molecule has 8 nitrogen and oxygen atoms in total. The fourth-order valence-electron chi connectivity index (χ4n) is 2.79. The molecule has 0 saturated carbocycles. The second kappa shape index (κ2) is 8.57. The van der Waals surface area contributed by atoms with E-state index < -0.39 is 24.0 Å². The molecule has 0 radical (unpaired) electrons. The lowest BCUT2D eigenvalue weighted by atomic mass is 9.95. The third-order valence-corrected chi connectivity index (χ3v) is 4.41. The summed E-state index contributed by atoms with van der Waals surface area (Å²) in [5.74, 6) is -1.70. The van der Waals surface area contributed by atoms with E-state index >= 15 is 0 Å². The normalized spacial score (nSPS) is 16.3. The van der Waals surface area contributed by atoms with Gasteiger partial charge in [0.05, 0.1) is 16.6 Å². The van der Waals surface area contributed by atoms with Crippen molar-refractivity contribution in [2.24, 2.45) is 0 Å². The van der Waals surface area contributed by atoms with Crippen LogP contribution in [0.3, 0.4) is 0 Å². The molecule has 148 valence electrons. The summed E-state index contributed by atoms with van der Waals surface area (Å²) in [6.07, 6.45) is 6.02. The van der Waals surface area contributed by atoms with Gasteiger partial charge in [-0.1, -0.05) is 17.7 Å². The number of esters is 1. The standard InChI is InChI=1S/C20H16ClN3O5/c1-11-17(19(26)27)18(24-20(28)23-11)13-3-4-15(14(21)10-13)29-16(25)5-2-12-6-8-22-9-7-12/h2-10,18H,1H3,(H,26,27)(H2,23,24,28). The Kier molecular flexibility index (Phi) is 5.94. The minimum atomic E-state index is -1.17. The van der Waals surface area contributed by atoms with Crippen LogP contribution in [-0.2, 0) is 9.59 Å². The van der Waals surface area contributed by atoms with Gasteiger partial charge in [-0.05, 0) is 48.4 Å². The number of allylic oxidation sites excluding steroid dienone is 1. The highest BCUT2D eigenvalue weighted by atomic mass is 35.5. The van der Waals surface area contributed by atoms with Gasteiger partial charge in [0.1, 0.15) is 5.75 Å². The highest BCUT2D eigenvalue weighted by molar-refractivity contribution is 6.32. The van der Waals surface area contributed by atoms with Gasteiger partial charge < -0.3 is 20.5 Å². The second-order valence-electron chi connectivity index (χ2n) is 6.10. The first-order valence-corrected chi connectivity index (χ1v) is 8.84. The van der Waals surface area contributed by atoms with Crippen LogP contribution in [0.5, 0.6) is 5.75 Å². The summed E-state index contributed by atoms with van der Waals surface area (Å²) in [7, 11) is 0. The topological polar surface area (TPSA) is 118 Å². The van der Waals surface area contributed by atoms with E-state index in [1.54, 1.807) is 30.6 Å². The molecule has 2 aromatic rings. The number of hydrogen-bond donors (Lipinski definition) is 3. The first kappa shape index (κ1) is 20.1. The van der Waals surface area contributed by atoms with Crippen molar-refractivity contribution < 1.29 is 24.2 Å². The van der Waals surface area contributed by atoms with Crippen molar-refractivity contribution in [1.29, 1.82) is 0 Å². The number of ether oxygens (including phenoxy) is 1. The number of pyridine rings is 1. The summed E-state index contributed by atoms with van der Waals surface area (Å²) in [4.78, 5) is 39.2. The van der Waals surface area contributed by atoms with Crippen molar-refractivity contribution in [3.05, 3.63) is 76.2 Å². The molecule has 1 atom stereocenters. The predicted molar refractivity (Wildman–Crippen MR) is 105 cm³/mol. The van der Waals surface area contributed by atoms with Gasteiger partial charge in [-0.15, -0.1) is 0 Å². The third kappa shape index (κ3) is 4.80. The van der Waals surface area contributed by atoms with Crippen LogP contribution in [0.15, 0.2) is 60.1 Å². The number of halogens is 1. The molecule has 1 aromatic carbocycles. The molecule has 3 N–H and O–H groups in total. The zero-order chi connectivity index (χ0) is 21.0. The molecular formula is C20H16ClN3O5. The number of nitrogens with zero attached hydrogens (tertiary/aromatic N) is 1. The average molecular weight is 414 g/mol. The molecule has 1 aliphatic rings. The lowest BCUT2D eigenvalue weighted by Gasteiger charge is -2.27. The van der Waals surface area contributed by atoms with Crippen molar-refractivity contribution in [2.75, 3.05) is 0 Å². The number of amides is 2. The predicted octanol–water partition coefficient (Wildman–Crippen LogP) is 3.07. The van der Waals surface area contributed by atoms with E-state index in [1.807, 2.05) is 0 Å². The Balaban J connectivity index is 1.79. The SMILES string of the molecule is CC1=C(C(=O)O)C(c2ccc(OC(=O)C=Cc3ccncc3)c(Cl)c2)NC(=O)N1. The number of aliphatic carboxylic acids is 1. The van der Waals surface area contributed by atoms with Crippen molar-refractivity contribution in [1.82, 2.24) is 15.6 Å². The minimum absolute atomic E-state index is 0.00862. The van der Waals surface area contributed by atoms with Crippen LogP contribution in [0.1, 0.15) is 24.1 Å². The zero-order valence-electron chi connectivity index (χ0n) is 15.2. The molecule has 1 unspecified atom stereocenters. The van der Waals surface area contributed by atoms with Crippen LogP contribution in [0.2, 0.25) is 5.02 Å². The molecule has 1 aromatic heterocycles. The van der Waals surface area contributed by atoms with Crippen LogP contribution in [-0.4, -0.2) is 28.1 Å². The summed E-state index contributed by atoms with van der Waals surface area (Å²) in [6.45, 7) is 1.50. The highest BCUT2D eigenvalue weighted by Gasteiger charge is 2.31. The van der Waals surface area contributed by atoms with E-state index in [0.29, 0.717) is 5.56 Å². The molecule has 29 heavy (non-hydrogen) atoms. The first-order chi connectivity index (χ1) is 13.8. The largest absolute Gasteiger partial charge is 0.478 e. The Morgan fingerprint density at radius 3 is 2.62 bits per heavy atom. The Hall–Kier alpha value is -3.65. The van der Waals surface area contributed by atoms with Crippen LogP contribution >= 0.6 is 11.6 Å². The summed E-state index contributed by atoms with van der Waals surface area (Å²) >= 11 is 6.21. The first-order valence-electron chi connectivity index (χ1n) is 8.46. The quantitative estimate of drug-likeness (QED) is 0.394. The van der Waals surface area contributed by atoms with E-state index in [0.717, 1.165) is 5.56 Å². The van der Waals surface area contributed by atoms with E-state index in [1.165, 1.54) is 31.2 Å². The number of rotatable bonds is 5. The average Bonchev–Trinajstić information content (AvgIpc) is 2.67. The molecule has 9 heteroatoms. The van der Waals surface area contributed by atoms with Crippen molar-refractivity contribution in [3.63, 3.8) is 0 Å². The molecule has 2 amide bonds. The number of hydrogen-bond acceptors (Lipinski definition) is 5. The second-order valence-corrected chi connectivity index (χ2v) is 6.51. The molecule has 1 aliphatic heterocycles. The molecule has 0 fully saturated rings. The Morgan fingerprint density at radius 2 is 1.97 bits per heavy atom. The minimum Gasteiger partial charge on any atom is -0.478 e. The van der Waals surface area contributed by atoms with Gasteiger partial charge in [-0.3, -0.25) is 4.98 Å². The molecule has 0 bridgehead atoms. The van der Waals surface area contributed by atoms with Crippen molar-refractivity contribution >= 4 is 35.6 Å². The van der Waals surface area contributed by atoms with Gasteiger partial charge in [-0.25, -0.2) is 14.4 Å². The summed E-state index contributed by atoms with van der Waals surface area (Å²) in [5, 5.41) is 14.5. The number of carbonyl (C=O) groups is 3. The Bertz CT molecular complexity index is 1030. The van der Waals surface area contributed by atoms with Crippen LogP contribution < -0.4 is 15.4 Å². The fraction of sp³-hybridized carbons (Fsp3) is 0.100. The summed E-state index contributed by atoms with van der Waals surface area (Å²) in [6, 6.07) is 6.47. The number of carbonyl (C=O) groups excluding carboxylic acids is 2. The number of nitrogens with one attached hydrogen (secondary N) is 2. The van der Waals surface area contributed by atoms with Gasteiger partial charge in [0.25, 0.3) is 0 Å². The van der Waals surface area contributed by atoms with E-state index in [-0.39, 0.29) is 22.0 Å². The van der Waals surface area contributed by atoms with E-state index in [9.17, 15) is 19.5 Å². The van der Waals surface area contributed by atoms with Crippen molar-refractivity contribution in [2.45, 2.75) is 13.0 Å². The maximum absolute atomic E-state index is 12.0. The zero-order valence-corrected chi connectivity index (χ0v) is 15.9. The molecule has 3 rings (SSSR count). The molecule has 0 saturated heterocycles. The van der Waals surface area contributed by atoms with Crippen LogP contribution in [0.4, 0.5) is 4.79 Å². The molecule has 0 aliphatic carbocycles. The van der Waals surface area contributed by atoms with Crippen LogP contribution in [0, 0.1) is 0 Å². The number of carboxylic acids is 1. The monoisotopic (exact) mass is 413 g/mol. The maximum Gasteiger partial charge on any atom is 0.336 e. The number of urea groups is 1. The van der Waals surface area contributed by atoms with Gasteiger partial charge >= 0.3 is 18.0 Å². The lowest BCUT2D eigenvalue weighted by molar-refractivity contribution is -0.133. The lowest BCUT2D eigenvalue weighted by Crippen LogP contribution is -2.45. The highest BCUT2D eigenvalue weighted by Crippen LogP contribution is 2.32. The Morgan fingerprint density at radius 1 is 1.24 bits per heavy atom. The number of aromatic nitrogens is 1. The fourth-order valence-corrected chi connectivity index (χ4v) is 3.02. The van der Waals surface area contributed by atoms with Gasteiger partial charge in [0, 0.05) is 24.2 Å². The smallest absolute Gasteiger partial charge is 0.336 e. The van der Waals surface area contributed by atoms with E-state index in [2.05, 4.69) is 15.6 Å². The maximum atomic E-state index is 12.0. The Labute approximate surface area is 170 Å². The number of carboxylic acid groups (broad SMARTS) is 1. The van der Waals surface area contributed by atoms with Crippen molar-refractivity contribution in [3.8, 4) is 5.75 Å². The molecular weight excluding hydrogens is 398 g/mol.